The Morgan fingerprint density at radius 1 is 1.19 bits per heavy atom. The van der Waals surface area contributed by atoms with Gasteiger partial charge in [0.2, 0.25) is 0 Å². The molecule has 9 heteroatoms. The van der Waals surface area contributed by atoms with Crippen LogP contribution in [0.25, 0.3) is 0 Å². The van der Waals surface area contributed by atoms with Gasteiger partial charge in [-0.3, -0.25) is 25.4 Å². The Morgan fingerprint density at radius 3 is 2.48 bits per heavy atom. The molecule has 0 aliphatic rings. The van der Waals surface area contributed by atoms with Gasteiger partial charge < -0.3 is 0 Å². The summed E-state index contributed by atoms with van der Waals surface area (Å²) in [5.74, 6) is -1.07. The van der Waals surface area contributed by atoms with Crippen LogP contribution in [-0.2, 0) is 0 Å². The van der Waals surface area contributed by atoms with Crippen LogP contribution in [-0.4, -0.2) is 33.0 Å². The lowest BCUT2D eigenvalue weighted by Crippen LogP contribution is -2.41. The molecule has 0 atom stereocenters. The van der Waals surface area contributed by atoms with Crippen molar-refractivity contribution in [3.8, 4) is 0 Å². The molecule has 0 aliphatic carbocycles. The minimum absolute atomic E-state index is 0.0185. The zero-order valence-electron chi connectivity index (χ0n) is 10.8. The highest BCUT2D eigenvalue weighted by molar-refractivity contribution is 7.98. The van der Waals surface area contributed by atoms with Crippen LogP contribution in [0.3, 0.4) is 0 Å². The maximum absolute atomic E-state index is 11.9. The van der Waals surface area contributed by atoms with E-state index in [9.17, 15) is 9.59 Å². The first-order chi connectivity index (χ1) is 10.1. The van der Waals surface area contributed by atoms with E-state index in [-0.39, 0.29) is 10.7 Å². The molecule has 0 saturated heterocycles. The van der Waals surface area contributed by atoms with E-state index in [0.717, 1.165) is 0 Å². The second-order valence-corrected chi connectivity index (χ2v) is 4.84. The predicted octanol–water partition coefficient (Wildman–Crippen LogP) is 1.32. The van der Waals surface area contributed by atoms with Crippen LogP contribution in [0, 0.1) is 0 Å². The van der Waals surface area contributed by atoms with Crippen molar-refractivity contribution in [2.24, 2.45) is 0 Å². The van der Waals surface area contributed by atoms with Gasteiger partial charge in [-0.05, 0) is 18.4 Å². The van der Waals surface area contributed by atoms with Crippen molar-refractivity contribution in [2.75, 3.05) is 6.26 Å². The third-order valence-corrected chi connectivity index (χ3v) is 3.23. The zero-order valence-corrected chi connectivity index (χ0v) is 12.4. The van der Waals surface area contributed by atoms with Crippen LogP contribution >= 0.6 is 23.4 Å². The Hall–Kier alpha value is -2.19. The number of carbonyl (C=O) groups excluding carboxylic acids is 2. The number of hydrogen-bond acceptors (Lipinski definition) is 6. The Labute approximate surface area is 129 Å². The standard InChI is InChI=1S/C12H10ClN5O2S/c1-21-12-15-6-8(9(13)16-12)11(20)18-17-10(19)7-2-4-14-5-3-7/h2-6H,1H3,(H,17,19)(H,18,20). The predicted molar refractivity (Wildman–Crippen MR) is 78.0 cm³/mol. The second kappa shape index (κ2) is 7.00. The van der Waals surface area contributed by atoms with Gasteiger partial charge in [0.1, 0.15) is 5.15 Å². The number of carbonyl (C=O) groups is 2. The highest BCUT2D eigenvalue weighted by Gasteiger charge is 2.14. The largest absolute Gasteiger partial charge is 0.274 e. The summed E-state index contributed by atoms with van der Waals surface area (Å²) in [4.78, 5) is 35.3. The molecule has 0 spiro atoms. The summed E-state index contributed by atoms with van der Waals surface area (Å²) in [6.07, 6.45) is 6.04. The summed E-state index contributed by atoms with van der Waals surface area (Å²) in [6.45, 7) is 0. The molecule has 2 amide bonds. The van der Waals surface area contributed by atoms with E-state index < -0.39 is 11.8 Å². The van der Waals surface area contributed by atoms with E-state index >= 15 is 0 Å². The van der Waals surface area contributed by atoms with Gasteiger partial charge in [-0.25, -0.2) is 9.97 Å². The zero-order chi connectivity index (χ0) is 15.2. The summed E-state index contributed by atoms with van der Waals surface area (Å²) in [6, 6.07) is 3.04. The van der Waals surface area contributed by atoms with Crippen molar-refractivity contribution in [1.29, 1.82) is 0 Å². The minimum Gasteiger partial charge on any atom is -0.267 e. The van der Waals surface area contributed by atoms with E-state index in [1.165, 1.54) is 42.5 Å². The van der Waals surface area contributed by atoms with E-state index in [1.807, 2.05) is 0 Å². The third-order valence-electron chi connectivity index (χ3n) is 2.38. The fraction of sp³-hybridized carbons (Fsp3) is 0.0833. The van der Waals surface area contributed by atoms with Crippen molar-refractivity contribution >= 4 is 35.2 Å². The first-order valence-corrected chi connectivity index (χ1v) is 7.29. The van der Waals surface area contributed by atoms with Gasteiger partial charge in [-0.2, -0.15) is 0 Å². The summed E-state index contributed by atoms with van der Waals surface area (Å²) < 4.78 is 0. The maximum atomic E-state index is 11.9. The van der Waals surface area contributed by atoms with Crippen molar-refractivity contribution in [1.82, 2.24) is 25.8 Å². The Bertz CT molecular complexity index is 668. The molecule has 0 bridgehead atoms. The number of nitrogens with one attached hydrogen (secondary N) is 2. The molecule has 21 heavy (non-hydrogen) atoms. The van der Waals surface area contributed by atoms with E-state index in [2.05, 4.69) is 25.8 Å². The molecule has 2 N–H and O–H groups in total. The van der Waals surface area contributed by atoms with E-state index in [0.29, 0.717) is 10.7 Å². The van der Waals surface area contributed by atoms with Gasteiger partial charge in [0, 0.05) is 24.2 Å². The molecule has 7 nitrogen and oxygen atoms in total. The van der Waals surface area contributed by atoms with Gasteiger partial charge in [0.25, 0.3) is 11.8 Å². The molecule has 0 saturated carbocycles. The Balaban J connectivity index is 2.01. The lowest BCUT2D eigenvalue weighted by Gasteiger charge is -2.08. The molecule has 2 aromatic heterocycles. The number of thioether (sulfide) groups is 1. The number of rotatable bonds is 3. The monoisotopic (exact) mass is 323 g/mol. The van der Waals surface area contributed by atoms with E-state index in [1.54, 1.807) is 6.26 Å². The molecule has 0 radical (unpaired) electrons. The second-order valence-electron chi connectivity index (χ2n) is 3.71. The van der Waals surface area contributed by atoms with Crippen molar-refractivity contribution in [3.63, 3.8) is 0 Å². The number of halogens is 1. The number of hydrogen-bond donors (Lipinski definition) is 2. The first-order valence-electron chi connectivity index (χ1n) is 5.69. The SMILES string of the molecule is CSc1ncc(C(=O)NNC(=O)c2ccncc2)c(Cl)n1. The number of pyridine rings is 1. The van der Waals surface area contributed by atoms with Crippen LogP contribution in [0.1, 0.15) is 20.7 Å². The molecular weight excluding hydrogens is 314 g/mol. The summed E-state index contributed by atoms with van der Waals surface area (Å²) in [5.41, 5.74) is 4.95. The molecule has 0 fully saturated rings. The van der Waals surface area contributed by atoms with Crippen molar-refractivity contribution in [2.45, 2.75) is 5.16 Å². The van der Waals surface area contributed by atoms with Gasteiger partial charge in [-0.15, -0.1) is 0 Å². The summed E-state index contributed by atoms with van der Waals surface area (Å²) in [5, 5.41) is 0.474. The molecule has 2 rings (SSSR count). The van der Waals surface area contributed by atoms with Gasteiger partial charge in [0.05, 0.1) is 5.56 Å². The van der Waals surface area contributed by atoms with Gasteiger partial charge in [-0.1, -0.05) is 23.4 Å². The fourth-order valence-corrected chi connectivity index (χ4v) is 1.96. The minimum atomic E-state index is -0.602. The Morgan fingerprint density at radius 2 is 1.86 bits per heavy atom. The lowest BCUT2D eigenvalue weighted by molar-refractivity contribution is 0.0846. The fourth-order valence-electron chi connectivity index (χ4n) is 1.35. The summed E-state index contributed by atoms with van der Waals surface area (Å²) in [7, 11) is 0. The van der Waals surface area contributed by atoms with Crippen molar-refractivity contribution < 1.29 is 9.59 Å². The quantitative estimate of drug-likeness (QED) is 0.383. The van der Waals surface area contributed by atoms with Crippen LogP contribution in [0.5, 0.6) is 0 Å². The first kappa shape index (κ1) is 15.2. The average molecular weight is 324 g/mol. The molecule has 0 unspecified atom stereocenters. The molecule has 2 heterocycles. The third kappa shape index (κ3) is 3.89. The molecule has 0 aliphatic heterocycles. The van der Waals surface area contributed by atoms with E-state index in [4.69, 9.17) is 11.6 Å². The summed E-state index contributed by atoms with van der Waals surface area (Å²) >= 11 is 7.19. The topological polar surface area (TPSA) is 96.9 Å². The molecular formula is C12H10ClN5O2S. The number of amides is 2. The maximum Gasteiger partial charge on any atom is 0.274 e. The average Bonchev–Trinajstić information content (AvgIpc) is 2.52. The van der Waals surface area contributed by atoms with Crippen LogP contribution in [0.2, 0.25) is 5.15 Å². The number of aromatic nitrogens is 3. The normalized spacial score (nSPS) is 10.0. The Kier molecular flexibility index (Phi) is 5.07. The van der Waals surface area contributed by atoms with Gasteiger partial charge >= 0.3 is 0 Å². The lowest BCUT2D eigenvalue weighted by atomic mass is 10.2. The molecule has 108 valence electrons. The van der Waals surface area contributed by atoms with Gasteiger partial charge in [0.15, 0.2) is 5.16 Å². The molecule has 2 aromatic rings. The highest BCUT2D eigenvalue weighted by Crippen LogP contribution is 2.16. The number of nitrogens with zero attached hydrogens (tertiary/aromatic N) is 3. The smallest absolute Gasteiger partial charge is 0.267 e. The van der Waals surface area contributed by atoms with Crippen LogP contribution < -0.4 is 10.9 Å². The van der Waals surface area contributed by atoms with Crippen molar-refractivity contribution in [3.05, 3.63) is 47.0 Å². The molecule has 0 aromatic carbocycles. The highest BCUT2D eigenvalue weighted by atomic mass is 35.5. The van der Waals surface area contributed by atoms with Crippen LogP contribution in [0.4, 0.5) is 0 Å². The number of hydrazine groups is 1. The van der Waals surface area contributed by atoms with Crippen LogP contribution in [0.15, 0.2) is 35.9 Å².